The zero-order chi connectivity index (χ0) is 40.9. The number of fused-ring (bicyclic) bond motifs is 6. The zero-order valence-electron chi connectivity index (χ0n) is 33.9. The first-order valence-corrected chi connectivity index (χ1v) is 20.2. The quantitative estimate of drug-likeness (QED) is 0.148. The molecular weight excluding hydrogens is 739 g/mol. The molecule has 1 atom stereocenters. The largest absolute Gasteiger partial charge is 0.455 e. The van der Waals surface area contributed by atoms with E-state index in [1.165, 1.54) is 0 Å². The Balaban J connectivity index is 1.18. The van der Waals surface area contributed by atoms with Crippen LogP contribution in [0.2, 0.25) is 0 Å². The lowest BCUT2D eigenvalue weighted by Crippen LogP contribution is -2.31. The summed E-state index contributed by atoms with van der Waals surface area (Å²) in [6, 6.07) is 60.1. The van der Waals surface area contributed by atoms with Crippen LogP contribution in [0.3, 0.4) is 0 Å². The number of para-hydroxylation sites is 3. The number of rotatable bonds is 9. The van der Waals surface area contributed by atoms with Gasteiger partial charge in [0.1, 0.15) is 11.2 Å². The molecule has 0 saturated carbocycles. The van der Waals surface area contributed by atoms with Crippen LogP contribution in [-0.2, 0) is 0 Å². The first kappa shape index (κ1) is 36.8. The second kappa shape index (κ2) is 15.0. The van der Waals surface area contributed by atoms with E-state index in [0.717, 1.165) is 83.3 Å². The lowest BCUT2D eigenvalue weighted by molar-refractivity contribution is 0.0993. The fourth-order valence-corrected chi connectivity index (χ4v) is 8.22. The molecule has 0 aliphatic rings. The van der Waals surface area contributed by atoms with Gasteiger partial charge in [-0.1, -0.05) is 103 Å². The van der Waals surface area contributed by atoms with E-state index in [2.05, 4.69) is 151 Å². The number of hydrogen-bond donors (Lipinski definition) is 1. The Morgan fingerprint density at radius 1 is 0.583 bits per heavy atom. The van der Waals surface area contributed by atoms with Crippen LogP contribution in [0.25, 0.3) is 83.1 Å². The summed E-state index contributed by atoms with van der Waals surface area (Å²) in [5.41, 5.74) is 12.4. The van der Waals surface area contributed by atoms with E-state index in [1.807, 2.05) is 67.7 Å². The molecule has 292 valence electrons. The number of carbonyl (C=O) groups excluding carboxylic acids is 1. The summed E-state index contributed by atoms with van der Waals surface area (Å²) < 4.78 is 8.96. The van der Waals surface area contributed by atoms with Gasteiger partial charge in [-0.25, -0.2) is 4.98 Å². The number of hydrogen-bond acceptors (Lipinski definition) is 5. The number of benzene rings is 7. The van der Waals surface area contributed by atoms with Gasteiger partial charge < -0.3 is 19.2 Å². The van der Waals surface area contributed by atoms with Crippen LogP contribution in [-0.4, -0.2) is 47.7 Å². The van der Waals surface area contributed by atoms with E-state index in [9.17, 15) is 4.79 Å². The SMILES string of the molecule is CC(Nc1cccc(-c2cc(-c3ccc4oc5c(C(=O)N(C)c6ccccc6)cc(-n6c7ccccc7c7ccccc76)cc5c4c3)cc(-c3ccccc3)n2)c1)N(C)C. The summed E-state index contributed by atoms with van der Waals surface area (Å²) >= 11 is 0. The lowest BCUT2D eigenvalue weighted by atomic mass is 9.98. The predicted octanol–water partition coefficient (Wildman–Crippen LogP) is 12.7. The van der Waals surface area contributed by atoms with Crippen molar-refractivity contribution in [1.29, 1.82) is 0 Å². The van der Waals surface area contributed by atoms with E-state index < -0.39 is 0 Å². The summed E-state index contributed by atoms with van der Waals surface area (Å²) in [5, 5.41) is 7.69. The Hall–Kier alpha value is -7.48. The molecule has 3 aromatic heterocycles. The fourth-order valence-electron chi connectivity index (χ4n) is 8.22. The maximum Gasteiger partial charge on any atom is 0.261 e. The number of anilines is 2. The van der Waals surface area contributed by atoms with Crippen molar-refractivity contribution >= 4 is 61.0 Å². The molecule has 7 nitrogen and oxygen atoms in total. The molecule has 0 bridgehead atoms. The normalized spacial score (nSPS) is 12.2. The number of furan rings is 1. The van der Waals surface area contributed by atoms with Crippen molar-refractivity contribution in [3.8, 4) is 39.3 Å². The molecule has 10 aromatic rings. The van der Waals surface area contributed by atoms with E-state index in [1.54, 1.807) is 4.90 Å². The highest BCUT2D eigenvalue weighted by atomic mass is 16.3. The molecule has 0 radical (unpaired) electrons. The molecule has 0 aliphatic carbocycles. The molecule has 0 fully saturated rings. The van der Waals surface area contributed by atoms with Crippen molar-refractivity contribution in [2.45, 2.75) is 13.1 Å². The molecule has 7 aromatic carbocycles. The number of nitrogens with zero attached hydrogens (tertiary/aromatic N) is 4. The standard InChI is InChI=1S/C53H43N5O2/c1-34(56(2)3)54-39-19-15-18-37(28-39)48-31-38(30-47(55-48)35-16-7-5-8-17-35)36-26-27-51-44(29-36)45-32-41(58-49-24-13-11-22-42(49)43-23-12-14-25-50(43)58)33-46(52(45)60-51)53(59)57(4)40-20-9-6-10-21-40/h5-34,54H,1-4H3. The second-order valence-corrected chi connectivity index (χ2v) is 15.6. The van der Waals surface area contributed by atoms with E-state index >= 15 is 0 Å². The van der Waals surface area contributed by atoms with Gasteiger partial charge >= 0.3 is 0 Å². The molecule has 1 amide bonds. The summed E-state index contributed by atoms with van der Waals surface area (Å²) in [7, 11) is 5.94. The lowest BCUT2D eigenvalue weighted by Gasteiger charge is -2.22. The van der Waals surface area contributed by atoms with Crippen LogP contribution in [0.15, 0.2) is 180 Å². The maximum absolute atomic E-state index is 14.7. The van der Waals surface area contributed by atoms with Crippen molar-refractivity contribution in [1.82, 2.24) is 14.5 Å². The summed E-state index contributed by atoms with van der Waals surface area (Å²) in [5.74, 6) is -0.156. The minimum atomic E-state index is -0.156. The maximum atomic E-state index is 14.7. The van der Waals surface area contributed by atoms with Crippen LogP contribution in [0, 0.1) is 0 Å². The molecular formula is C53H43N5O2. The predicted molar refractivity (Wildman–Crippen MR) is 248 cm³/mol. The van der Waals surface area contributed by atoms with E-state index in [0.29, 0.717) is 16.7 Å². The molecule has 1 unspecified atom stereocenters. The molecule has 0 aliphatic heterocycles. The van der Waals surface area contributed by atoms with Gasteiger partial charge in [-0.3, -0.25) is 9.69 Å². The van der Waals surface area contributed by atoms with Crippen molar-refractivity contribution in [3.63, 3.8) is 0 Å². The number of carbonyl (C=O) groups is 1. The molecule has 10 rings (SSSR count). The van der Waals surface area contributed by atoms with Crippen molar-refractivity contribution in [3.05, 3.63) is 181 Å². The molecule has 60 heavy (non-hydrogen) atoms. The summed E-state index contributed by atoms with van der Waals surface area (Å²) in [6.45, 7) is 2.14. The fraction of sp³-hybridized carbons (Fsp3) is 0.0943. The Labute approximate surface area is 348 Å². The molecule has 0 saturated heterocycles. The van der Waals surface area contributed by atoms with Gasteiger partial charge in [0.25, 0.3) is 5.91 Å². The van der Waals surface area contributed by atoms with Gasteiger partial charge in [0, 0.05) is 56.8 Å². The molecule has 7 heteroatoms. The third-order valence-corrected chi connectivity index (χ3v) is 11.6. The highest BCUT2D eigenvalue weighted by molar-refractivity contribution is 6.19. The minimum absolute atomic E-state index is 0.154. The monoisotopic (exact) mass is 781 g/mol. The zero-order valence-corrected chi connectivity index (χ0v) is 33.9. The van der Waals surface area contributed by atoms with Gasteiger partial charge in [0.05, 0.1) is 34.2 Å². The van der Waals surface area contributed by atoms with Crippen molar-refractivity contribution in [2.24, 2.45) is 0 Å². The minimum Gasteiger partial charge on any atom is -0.455 e. The van der Waals surface area contributed by atoms with Gasteiger partial charge in [-0.15, -0.1) is 0 Å². The van der Waals surface area contributed by atoms with Gasteiger partial charge in [0.15, 0.2) is 0 Å². The first-order valence-electron chi connectivity index (χ1n) is 20.2. The van der Waals surface area contributed by atoms with Gasteiger partial charge in [-0.2, -0.15) is 0 Å². The second-order valence-electron chi connectivity index (χ2n) is 15.6. The Morgan fingerprint density at radius 3 is 1.92 bits per heavy atom. The Bertz CT molecular complexity index is 3170. The van der Waals surface area contributed by atoms with E-state index in [4.69, 9.17) is 9.40 Å². The highest BCUT2D eigenvalue weighted by Gasteiger charge is 2.24. The smallest absolute Gasteiger partial charge is 0.261 e. The average molecular weight is 782 g/mol. The first-order chi connectivity index (χ1) is 29.3. The number of amides is 1. The number of aromatic nitrogens is 2. The summed E-state index contributed by atoms with van der Waals surface area (Å²) in [6.07, 6.45) is 0.154. The van der Waals surface area contributed by atoms with Gasteiger partial charge in [0.2, 0.25) is 0 Å². The Morgan fingerprint density at radius 2 is 1.22 bits per heavy atom. The third kappa shape index (κ3) is 6.55. The van der Waals surface area contributed by atoms with Crippen molar-refractivity contribution in [2.75, 3.05) is 31.4 Å². The van der Waals surface area contributed by atoms with Crippen molar-refractivity contribution < 1.29 is 9.21 Å². The summed E-state index contributed by atoms with van der Waals surface area (Å²) in [4.78, 5) is 23.7. The van der Waals surface area contributed by atoms with Crippen LogP contribution < -0.4 is 10.2 Å². The number of pyridine rings is 1. The third-order valence-electron chi connectivity index (χ3n) is 11.6. The van der Waals surface area contributed by atoms with Crippen LogP contribution in [0.1, 0.15) is 17.3 Å². The van der Waals surface area contributed by atoms with Gasteiger partial charge in [-0.05, 0) is 105 Å². The molecule has 0 spiro atoms. The van der Waals surface area contributed by atoms with Crippen LogP contribution >= 0.6 is 0 Å². The topological polar surface area (TPSA) is 66.5 Å². The average Bonchev–Trinajstić information content (AvgIpc) is 3.84. The molecule has 1 N–H and O–H groups in total. The van der Waals surface area contributed by atoms with Crippen LogP contribution in [0.4, 0.5) is 11.4 Å². The van der Waals surface area contributed by atoms with E-state index in [-0.39, 0.29) is 12.1 Å². The van der Waals surface area contributed by atoms with Crippen LogP contribution in [0.5, 0.6) is 0 Å². The Kier molecular flexibility index (Phi) is 9.23. The number of nitrogens with one attached hydrogen (secondary N) is 1. The highest BCUT2D eigenvalue weighted by Crippen LogP contribution is 2.40. The molecule has 3 heterocycles.